The van der Waals surface area contributed by atoms with Crippen molar-refractivity contribution in [2.75, 3.05) is 19.7 Å². The summed E-state index contributed by atoms with van der Waals surface area (Å²) in [6.45, 7) is 4.76. The summed E-state index contributed by atoms with van der Waals surface area (Å²) in [6, 6.07) is 7.00. The number of rotatable bonds is 6. The highest BCUT2D eigenvalue weighted by molar-refractivity contribution is 7.09. The Hall–Kier alpha value is -1.92. The van der Waals surface area contributed by atoms with Gasteiger partial charge in [0, 0.05) is 11.3 Å². The second-order valence-electron chi connectivity index (χ2n) is 5.73. The van der Waals surface area contributed by atoms with Gasteiger partial charge in [0.15, 0.2) is 0 Å². The molecule has 0 spiro atoms. The van der Waals surface area contributed by atoms with Crippen LogP contribution >= 0.6 is 11.3 Å². The van der Waals surface area contributed by atoms with Crippen molar-refractivity contribution in [3.8, 4) is 5.75 Å². The highest BCUT2D eigenvalue weighted by Gasteiger charge is 2.18. The largest absolute Gasteiger partial charge is 0.487 e. The van der Waals surface area contributed by atoms with E-state index in [1.807, 2.05) is 0 Å². The van der Waals surface area contributed by atoms with Gasteiger partial charge in [-0.05, 0) is 57.1 Å². The van der Waals surface area contributed by atoms with Crippen LogP contribution in [0.3, 0.4) is 0 Å². The normalized spacial score (nSPS) is 15.2. The monoisotopic (exact) mass is 346 g/mol. The highest BCUT2D eigenvalue weighted by atomic mass is 32.1. The van der Waals surface area contributed by atoms with Gasteiger partial charge in [-0.1, -0.05) is 0 Å². The van der Waals surface area contributed by atoms with E-state index in [1.165, 1.54) is 5.01 Å². The Labute approximate surface area is 146 Å². The van der Waals surface area contributed by atoms with Gasteiger partial charge >= 0.3 is 5.97 Å². The number of hydrogen-bond donors (Lipinski definition) is 1. The van der Waals surface area contributed by atoms with E-state index >= 15 is 0 Å². The lowest BCUT2D eigenvalue weighted by Gasteiger charge is -2.20. The van der Waals surface area contributed by atoms with Gasteiger partial charge in [-0.15, -0.1) is 11.3 Å². The van der Waals surface area contributed by atoms with E-state index < -0.39 is 0 Å². The lowest BCUT2D eigenvalue weighted by Crippen LogP contribution is -2.26. The van der Waals surface area contributed by atoms with E-state index in [-0.39, 0.29) is 5.97 Å². The minimum atomic E-state index is -0.310. The van der Waals surface area contributed by atoms with Crippen molar-refractivity contribution >= 4 is 17.3 Å². The third kappa shape index (κ3) is 4.33. The number of ether oxygens (including phenoxy) is 2. The summed E-state index contributed by atoms with van der Waals surface area (Å²) >= 11 is 1.72. The zero-order chi connectivity index (χ0) is 16.8. The van der Waals surface area contributed by atoms with Crippen molar-refractivity contribution in [2.45, 2.75) is 32.3 Å². The molecule has 5 nitrogen and oxygen atoms in total. The average Bonchev–Trinajstić information content (AvgIpc) is 3.10. The van der Waals surface area contributed by atoms with Crippen LogP contribution in [0.4, 0.5) is 0 Å². The number of nitrogens with zero attached hydrogens (tertiary/aromatic N) is 1. The Morgan fingerprint density at radius 1 is 1.29 bits per heavy atom. The number of nitrogens with one attached hydrogen (secondary N) is 1. The van der Waals surface area contributed by atoms with E-state index in [4.69, 9.17) is 14.5 Å². The first-order chi connectivity index (χ1) is 11.8. The van der Waals surface area contributed by atoms with Crippen LogP contribution in [0, 0.1) is 0 Å². The number of carbonyl (C=O) groups excluding carboxylic acids is 1. The first-order valence-electron chi connectivity index (χ1n) is 8.31. The molecule has 1 N–H and O–H groups in total. The van der Waals surface area contributed by atoms with Crippen LogP contribution in [0.15, 0.2) is 29.6 Å². The van der Waals surface area contributed by atoms with Crippen LogP contribution in [0.2, 0.25) is 0 Å². The summed E-state index contributed by atoms with van der Waals surface area (Å²) in [5, 5.41) is 6.67. The average molecular weight is 346 g/mol. The number of thiazole rings is 1. The highest BCUT2D eigenvalue weighted by Crippen LogP contribution is 2.28. The third-order valence-electron chi connectivity index (χ3n) is 4.01. The second-order valence-corrected chi connectivity index (χ2v) is 6.62. The number of piperidine rings is 1. The molecule has 2 aromatic rings. The molecule has 0 amide bonds. The third-order valence-corrected chi connectivity index (χ3v) is 5.07. The molecule has 0 radical (unpaired) electrons. The van der Waals surface area contributed by atoms with E-state index in [1.54, 1.807) is 42.5 Å². The molecular weight excluding hydrogens is 324 g/mol. The van der Waals surface area contributed by atoms with E-state index in [2.05, 4.69) is 10.7 Å². The van der Waals surface area contributed by atoms with Crippen molar-refractivity contribution in [3.63, 3.8) is 0 Å². The molecule has 1 aliphatic rings. The zero-order valence-corrected chi connectivity index (χ0v) is 14.6. The predicted octanol–water partition coefficient (Wildman–Crippen LogP) is 3.37. The van der Waals surface area contributed by atoms with Crippen molar-refractivity contribution in [3.05, 3.63) is 45.9 Å². The molecule has 0 bridgehead atoms. The minimum Gasteiger partial charge on any atom is -0.487 e. The molecule has 6 heteroatoms. The lowest BCUT2D eigenvalue weighted by molar-refractivity contribution is 0.0526. The van der Waals surface area contributed by atoms with Gasteiger partial charge in [0.05, 0.1) is 22.9 Å². The summed E-state index contributed by atoms with van der Waals surface area (Å²) in [6.07, 6.45) is 2.31. The zero-order valence-electron chi connectivity index (χ0n) is 13.8. The SMILES string of the molecule is CCOC(=O)c1ccc(OCc2csc(C3CCNCC3)n2)cc1. The molecule has 0 atom stereocenters. The van der Waals surface area contributed by atoms with Gasteiger partial charge in [0.1, 0.15) is 12.4 Å². The van der Waals surface area contributed by atoms with Crippen LogP contribution in [0.25, 0.3) is 0 Å². The molecule has 0 unspecified atom stereocenters. The quantitative estimate of drug-likeness (QED) is 0.813. The molecule has 0 aliphatic carbocycles. The summed E-state index contributed by atoms with van der Waals surface area (Å²) in [4.78, 5) is 16.3. The fraction of sp³-hybridized carbons (Fsp3) is 0.444. The van der Waals surface area contributed by atoms with E-state index in [9.17, 15) is 4.79 Å². The lowest BCUT2D eigenvalue weighted by atomic mass is 9.99. The molecule has 24 heavy (non-hydrogen) atoms. The van der Waals surface area contributed by atoms with Crippen molar-refractivity contribution < 1.29 is 14.3 Å². The van der Waals surface area contributed by atoms with Crippen LogP contribution in [-0.4, -0.2) is 30.6 Å². The molecule has 1 aliphatic heterocycles. The number of esters is 1. The molecular formula is C18H22N2O3S. The number of aromatic nitrogens is 1. The molecule has 0 saturated carbocycles. The molecule has 1 fully saturated rings. The second kappa shape index (κ2) is 8.26. The maximum absolute atomic E-state index is 11.6. The number of carbonyl (C=O) groups is 1. The van der Waals surface area contributed by atoms with Gasteiger partial charge in [-0.25, -0.2) is 9.78 Å². The first kappa shape index (κ1) is 16.9. The standard InChI is InChI=1S/C18H22N2O3S/c1-2-22-18(21)14-3-5-16(6-4-14)23-11-15-12-24-17(20-15)13-7-9-19-10-8-13/h3-6,12-13,19H,2,7-11H2,1H3. The summed E-state index contributed by atoms with van der Waals surface area (Å²) < 4.78 is 10.7. The van der Waals surface area contributed by atoms with E-state index in [0.29, 0.717) is 24.7 Å². The number of hydrogen-bond acceptors (Lipinski definition) is 6. The van der Waals surface area contributed by atoms with Crippen molar-refractivity contribution in [1.82, 2.24) is 10.3 Å². The first-order valence-corrected chi connectivity index (χ1v) is 9.19. The summed E-state index contributed by atoms with van der Waals surface area (Å²) in [5.74, 6) is 0.989. The van der Waals surface area contributed by atoms with Gasteiger partial charge in [-0.2, -0.15) is 0 Å². The molecule has 1 aromatic carbocycles. The van der Waals surface area contributed by atoms with Crippen LogP contribution in [-0.2, 0) is 11.3 Å². The topological polar surface area (TPSA) is 60.5 Å². The van der Waals surface area contributed by atoms with Crippen molar-refractivity contribution in [1.29, 1.82) is 0 Å². The molecule has 1 saturated heterocycles. The molecule has 128 valence electrons. The Morgan fingerprint density at radius 2 is 2.04 bits per heavy atom. The van der Waals surface area contributed by atoms with Gasteiger partial charge in [0.2, 0.25) is 0 Å². The fourth-order valence-corrected chi connectivity index (χ4v) is 3.68. The maximum Gasteiger partial charge on any atom is 0.338 e. The van der Waals surface area contributed by atoms with Crippen LogP contribution in [0.5, 0.6) is 5.75 Å². The molecule has 1 aromatic heterocycles. The summed E-state index contributed by atoms with van der Waals surface area (Å²) in [5.41, 5.74) is 1.49. The molecule has 2 heterocycles. The van der Waals surface area contributed by atoms with Gasteiger partial charge in [0.25, 0.3) is 0 Å². The van der Waals surface area contributed by atoms with Crippen molar-refractivity contribution in [2.24, 2.45) is 0 Å². The predicted molar refractivity (Wildman–Crippen MR) is 93.7 cm³/mol. The summed E-state index contributed by atoms with van der Waals surface area (Å²) in [7, 11) is 0. The number of benzene rings is 1. The van der Waals surface area contributed by atoms with Crippen LogP contribution < -0.4 is 10.1 Å². The molecule has 3 rings (SSSR count). The smallest absolute Gasteiger partial charge is 0.338 e. The van der Waals surface area contributed by atoms with E-state index in [0.717, 1.165) is 37.4 Å². The van der Waals surface area contributed by atoms with Gasteiger partial charge in [-0.3, -0.25) is 0 Å². The Kier molecular flexibility index (Phi) is 5.82. The Bertz CT molecular complexity index is 663. The fourth-order valence-electron chi connectivity index (χ4n) is 2.70. The van der Waals surface area contributed by atoms with Crippen LogP contribution in [0.1, 0.15) is 46.7 Å². The Morgan fingerprint density at radius 3 is 2.75 bits per heavy atom. The Balaban J connectivity index is 1.54. The maximum atomic E-state index is 11.6. The van der Waals surface area contributed by atoms with Gasteiger partial charge < -0.3 is 14.8 Å². The minimum absolute atomic E-state index is 0.310.